The highest BCUT2D eigenvalue weighted by molar-refractivity contribution is 9.20. The Morgan fingerprint density at radius 2 is 0.963 bits per heavy atom. The molecule has 3 rings (SSSR count). The molecule has 0 aliphatic heterocycles. The molecule has 0 aromatic heterocycles. The summed E-state index contributed by atoms with van der Waals surface area (Å²) in [6.07, 6.45) is -4.97. The molecule has 3 aromatic rings. The molecule has 0 N–H and O–H groups in total. The molecule has 0 bridgehead atoms. The number of alkyl halides is 3. The summed E-state index contributed by atoms with van der Waals surface area (Å²) in [6, 6.07) is 26.7. The largest absolute Gasteiger partial charge is 0.455 e. The third-order valence-corrected chi connectivity index (χ3v) is 10.1. The topological polar surface area (TPSA) is 17.1 Å². The third-order valence-electron chi connectivity index (χ3n) is 4.17. The number of carbonyl (C=O) groups is 1. The first-order valence-electron chi connectivity index (χ1n) is 8.09. The number of ketones is 1. The van der Waals surface area contributed by atoms with Gasteiger partial charge in [-0.25, -0.2) is 0 Å². The molecule has 0 aliphatic carbocycles. The van der Waals surface area contributed by atoms with Crippen molar-refractivity contribution in [2.45, 2.75) is 6.18 Å². The summed E-state index contributed by atoms with van der Waals surface area (Å²) in [6.45, 7) is -3.03. The molecule has 6 heteroatoms. The minimum atomic E-state index is -4.97. The highest BCUT2D eigenvalue weighted by atomic mass is 79.9. The lowest BCUT2D eigenvalue weighted by molar-refractivity contribution is -0.162. The Kier molecular flexibility index (Phi) is 5.73. The van der Waals surface area contributed by atoms with E-state index >= 15 is 0 Å². The molecule has 0 saturated carbocycles. The standard InChI is InChI=1S/C21H15BrF3OP/c22-20(19(26)21(23,24)25)27(16-10-4-1-5-11-16,17-12-6-2-7-13-17)18-14-8-3-9-15-18/h1-15H. The molecule has 27 heavy (non-hydrogen) atoms. The maximum Gasteiger partial charge on any atom is 0.455 e. The van der Waals surface area contributed by atoms with Crippen molar-refractivity contribution in [3.63, 3.8) is 0 Å². The van der Waals surface area contributed by atoms with Gasteiger partial charge in [-0.3, -0.25) is 4.79 Å². The van der Waals surface area contributed by atoms with Gasteiger partial charge in [0.05, 0.1) is 4.20 Å². The molecule has 138 valence electrons. The van der Waals surface area contributed by atoms with Crippen LogP contribution in [0.5, 0.6) is 0 Å². The summed E-state index contributed by atoms with van der Waals surface area (Å²) in [5, 5.41) is 2.02. The van der Waals surface area contributed by atoms with Gasteiger partial charge in [-0.2, -0.15) is 13.2 Å². The molecule has 1 nitrogen and oxygen atoms in total. The third kappa shape index (κ3) is 3.67. The van der Waals surface area contributed by atoms with Gasteiger partial charge in [0, 0.05) is 0 Å². The van der Waals surface area contributed by atoms with Crippen molar-refractivity contribution in [1.29, 1.82) is 0 Å². The predicted octanol–water partition coefficient (Wildman–Crippen LogP) is 4.64. The van der Waals surface area contributed by atoms with Crippen molar-refractivity contribution in [3.8, 4) is 0 Å². The second-order valence-electron chi connectivity index (χ2n) is 5.80. The number of halogens is 4. The number of benzene rings is 3. The summed E-state index contributed by atoms with van der Waals surface area (Å²) >= 11 is 3.11. The van der Waals surface area contributed by atoms with Gasteiger partial charge in [-0.15, -0.1) is 0 Å². The molecule has 0 radical (unpaired) electrons. The fourth-order valence-electron chi connectivity index (χ4n) is 3.01. The van der Waals surface area contributed by atoms with Gasteiger partial charge >= 0.3 is 6.18 Å². The molecule has 0 amide bonds. The van der Waals surface area contributed by atoms with E-state index in [9.17, 15) is 18.0 Å². The Labute approximate surface area is 164 Å². The first-order valence-corrected chi connectivity index (χ1v) is 10.7. The van der Waals surface area contributed by atoms with Gasteiger partial charge in [-0.05, 0) is 38.7 Å². The van der Waals surface area contributed by atoms with E-state index in [2.05, 4.69) is 15.9 Å². The van der Waals surface area contributed by atoms with E-state index in [4.69, 9.17) is 0 Å². The van der Waals surface area contributed by atoms with Gasteiger partial charge in [-0.1, -0.05) is 91.0 Å². The molecule has 3 aromatic carbocycles. The molecule has 0 heterocycles. The monoisotopic (exact) mass is 450 g/mol. The molecule has 0 unspecified atom stereocenters. The molecular weight excluding hydrogens is 436 g/mol. The highest BCUT2D eigenvalue weighted by Crippen LogP contribution is 2.48. The zero-order valence-electron chi connectivity index (χ0n) is 14.0. The molecule has 0 aliphatic rings. The number of hydrogen-bond acceptors (Lipinski definition) is 1. The molecule has 0 spiro atoms. The average Bonchev–Trinajstić information content (AvgIpc) is 2.70. The van der Waals surface area contributed by atoms with Gasteiger partial charge in [0.2, 0.25) is 0 Å². The normalized spacial score (nSPS) is 11.9. The lowest BCUT2D eigenvalue weighted by atomic mass is 10.4. The summed E-state index contributed by atoms with van der Waals surface area (Å²) in [7, 11) is 0. The van der Waals surface area contributed by atoms with E-state index in [0.29, 0.717) is 15.9 Å². The average molecular weight is 451 g/mol. The smallest absolute Gasteiger partial charge is 0.283 e. The maximum absolute atomic E-state index is 13.4. The highest BCUT2D eigenvalue weighted by Gasteiger charge is 2.44. The van der Waals surface area contributed by atoms with E-state index in [1.807, 2.05) is 0 Å². The Morgan fingerprint density at radius 1 is 0.667 bits per heavy atom. The lowest BCUT2D eigenvalue weighted by Crippen LogP contribution is -2.36. The Balaban J connectivity index is 2.54. The van der Waals surface area contributed by atoms with Gasteiger partial charge in [0.25, 0.3) is 5.78 Å². The zero-order chi connectivity index (χ0) is 19.5. The lowest BCUT2D eigenvalue weighted by Gasteiger charge is -2.30. The number of hydrogen-bond donors (Lipinski definition) is 0. The number of Topliss-reactive ketones (excluding diaryl/α,β-unsaturated/α-hetero) is 1. The van der Waals surface area contributed by atoms with Crippen molar-refractivity contribution in [2.24, 2.45) is 0 Å². The zero-order valence-corrected chi connectivity index (χ0v) is 16.5. The van der Waals surface area contributed by atoms with E-state index in [1.54, 1.807) is 91.0 Å². The van der Waals surface area contributed by atoms with Crippen LogP contribution in [-0.4, -0.2) is 16.2 Å². The molecule has 0 saturated heterocycles. The Bertz CT molecular complexity index is 881. The number of rotatable bonds is 4. The number of carbonyl (C=O) groups excluding carboxylic acids is 1. The van der Waals surface area contributed by atoms with Crippen molar-refractivity contribution < 1.29 is 18.0 Å². The van der Waals surface area contributed by atoms with Crippen LogP contribution in [0.25, 0.3) is 0 Å². The minimum absolute atomic E-state index is 0.355. The van der Waals surface area contributed by atoms with Crippen LogP contribution in [0.1, 0.15) is 0 Å². The first kappa shape index (κ1) is 19.7. The first-order chi connectivity index (χ1) is 12.9. The van der Waals surface area contributed by atoms with E-state index in [1.165, 1.54) is 0 Å². The Hall–Kier alpha value is -2.10. The second kappa shape index (κ2) is 7.87. The summed E-state index contributed by atoms with van der Waals surface area (Å²) in [5.41, 5.74) is 0. The maximum atomic E-state index is 13.4. The second-order valence-corrected chi connectivity index (χ2v) is 10.5. The van der Waals surface area contributed by atoms with E-state index in [0.717, 1.165) is 0 Å². The fourth-order valence-corrected chi connectivity index (χ4v) is 8.94. The molecule has 0 atom stereocenters. The summed E-state index contributed by atoms with van der Waals surface area (Å²) < 4.78 is 39.8. The quantitative estimate of drug-likeness (QED) is 0.529. The molecule has 0 fully saturated rings. The van der Waals surface area contributed by atoms with Crippen LogP contribution in [0.3, 0.4) is 0 Å². The fraction of sp³-hybridized carbons (Fsp3) is 0.0476. The van der Waals surface area contributed by atoms with Gasteiger partial charge in [0.15, 0.2) is 0 Å². The van der Waals surface area contributed by atoms with Crippen molar-refractivity contribution in [2.75, 3.05) is 0 Å². The van der Waals surface area contributed by atoms with Gasteiger partial charge < -0.3 is 0 Å². The van der Waals surface area contributed by atoms with Crippen LogP contribution in [0, 0.1) is 0 Å². The minimum Gasteiger partial charge on any atom is -0.283 e. The predicted molar refractivity (Wildman–Crippen MR) is 110 cm³/mol. The van der Waals surface area contributed by atoms with Crippen LogP contribution in [-0.2, 0) is 4.79 Å². The van der Waals surface area contributed by atoms with Crippen molar-refractivity contribution in [1.82, 2.24) is 0 Å². The van der Waals surface area contributed by atoms with Gasteiger partial charge in [0.1, 0.15) is 0 Å². The van der Waals surface area contributed by atoms with Crippen LogP contribution < -0.4 is 15.9 Å². The Morgan fingerprint density at radius 3 is 1.22 bits per heavy atom. The summed E-state index contributed by atoms with van der Waals surface area (Å²) in [5.74, 6) is -1.85. The summed E-state index contributed by atoms with van der Waals surface area (Å²) in [4.78, 5) is 12.4. The van der Waals surface area contributed by atoms with Crippen LogP contribution in [0.2, 0.25) is 0 Å². The van der Waals surface area contributed by atoms with E-state index in [-0.39, 0.29) is 4.20 Å². The van der Waals surface area contributed by atoms with Crippen LogP contribution in [0.4, 0.5) is 13.2 Å². The van der Waals surface area contributed by atoms with E-state index < -0.39 is 18.8 Å². The van der Waals surface area contributed by atoms with Crippen molar-refractivity contribution >= 4 is 48.7 Å². The van der Waals surface area contributed by atoms with Crippen LogP contribution >= 0.6 is 22.8 Å². The van der Waals surface area contributed by atoms with Crippen molar-refractivity contribution in [3.05, 3.63) is 91.0 Å². The molecular formula is C21H15BrF3OP. The van der Waals surface area contributed by atoms with Crippen LogP contribution in [0.15, 0.2) is 91.0 Å². The SMILES string of the molecule is O=C(C(Br)=P(c1ccccc1)(c1ccccc1)c1ccccc1)C(F)(F)F.